The van der Waals surface area contributed by atoms with Crippen molar-refractivity contribution >= 4 is 6.09 Å². The summed E-state index contributed by atoms with van der Waals surface area (Å²) in [5.74, 6) is 1.41. The molecule has 0 aromatic heterocycles. The average molecular weight is 279 g/mol. The summed E-state index contributed by atoms with van der Waals surface area (Å²) in [6.45, 7) is 1.76. The zero-order valence-corrected chi connectivity index (χ0v) is 12.1. The molecule has 20 heavy (non-hydrogen) atoms. The Kier molecular flexibility index (Phi) is 5.09. The van der Waals surface area contributed by atoms with Crippen LogP contribution in [0.15, 0.2) is 18.2 Å². The lowest BCUT2D eigenvalue weighted by atomic mass is 10.1. The van der Waals surface area contributed by atoms with E-state index in [-0.39, 0.29) is 12.7 Å². The summed E-state index contributed by atoms with van der Waals surface area (Å²) in [6, 6.07) is 5.44. The Morgan fingerprint density at radius 1 is 1.15 bits per heavy atom. The number of hydrogen-bond donors (Lipinski definition) is 0. The lowest BCUT2D eigenvalue weighted by Crippen LogP contribution is -2.35. The molecule has 0 radical (unpaired) electrons. The Bertz CT molecular complexity index is 455. The van der Waals surface area contributed by atoms with Crippen LogP contribution >= 0.6 is 0 Å². The van der Waals surface area contributed by atoms with Crippen LogP contribution in [-0.4, -0.2) is 38.3 Å². The first-order chi connectivity index (χ1) is 9.74. The maximum atomic E-state index is 12.0. The van der Waals surface area contributed by atoms with Crippen LogP contribution in [0, 0.1) is 0 Å². The highest BCUT2D eigenvalue weighted by Crippen LogP contribution is 2.25. The zero-order valence-electron chi connectivity index (χ0n) is 12.1. The first-order valence-corrected chi connectivity index (χ1v) is 6.87. The van der Waals surface area contributed by atoms with Gasteiger partial charge in [0.25, 0.3) is 0 Å². The normalized spacial score (nSPS) is 14.8. The minimum Gasteiger partial charge on any atom is -0.497 e. The summed E-state index contributed by atoms with van der Waals surface area (Å²) in [5.41, 5.74) is 0.803. The topological polar surface area (TPSA) is 48.0 Å². The molecule has 0 N–H and O–H groups in total. The molecule has 0 unspecified atom stereocenters. The van der Waals surface area contributed by atoms with Gasteiger partial charge in [-0.15, -0.1) is 0 Å². The fourth-order valence-corrected chi connectivity index (χ4v) is 2.30. The van der Waals surface area contributed by atoms with E-state index >= 15 is 0 Å². The quantitative estimate of drug-likeness (QED) is 0.850. The van der Waals surface area contributed by atoms with Gasteiger partial charge in [-0.05, 0) is 37.5 Å². The van der Waals surface area contributed by atoms with E-state index < -0.39 is 0 Å². The molecule has 0 atom stereocenters. The van der Waals surface area contributed by atoms with Crippen LogP contribution in [-0.2, 0) is 11.3 Å². The van der Waals surface area contributed by atoms with E-state index in [9.17, 15) is 4.79 Å². The van der Waals surface area contributed by atoms with Gasteiger partial charge in [0.1, 0.15) is 18.1 Å². The van der Waals surface area contributed by atoms with E-state index in [1.54, 1.807) is 19.1 Å². The second kappa shape index (κ2) is 7.03. The van der Waals surface area contributed by atoms with Gasteiger partial charge in [0.05, 0.1) is 14.2 Å². The summed E-state index contributed by atoms with van der Waals surface area (Å²) in [6.07, 6.45) is 3.04. The lowest BCUT2D eigenvalue weighted by molar-refractivity contribution is 0.0887. The Balaban J connectivity index is 1.96. The fourth-order valence-electron chi connectivity index (χ4n) is 2.30. The van der Waals surface area contributed by atoms with Crippen LogP contribution in [0.3, 0.4) is 0 Å². The van der Waals surface area contributed by atoms with Crippen LogP contribution in [0.5, 0.6) is 11.5 Å². The molecule has 1 amide bonds. The predicted octanol–water partition coefficient (Wildman–Crippen LogP) is 2.83. The van der Waals surface area contributed by atoms with Crippen molar-refractivity contribution in [3.63, 3.8) is 0 Å². The molecular weight excluding hydrogens is 258 g/mol. The minimum atomic E-state index is -0.255. The second-order valence-corrected chi connectivity index (χ2v) is 4.78. The van der Waals surface area contributed by atoms with Crippen LogP contribution < -0.4 is 9.47 Å². The third-order valence-corrected chi connectivity index (χ3v) is 3.45. The van der Waals surface area contributed by atoms with Crippen molar-refractivity contribution in [1.82, 2.24) is 4.90 Å². The largest absolute Gasteiger partial charge is 0.497 e. The number of piperidine rings is 1. The number of hydrogen-bond acceptors (Lipinski definition) is 4. The third kappa shape index (κ3) is 3.56. The molecular formula is C15H21NO4. The lowest BCUT2D eigenvalue weighted by Gasteiger charge is -2.25. The first kappa shape index (κ1) is 14.5. The zero-order chi connectivity index (χ0) is 14.4. The van der Waals surface area contributed by atoms with Crippen LogP contribution in [0.25, 0.3) is 0 Å². The number of likely N-dealkylation sites (tertiary alicyclic amines) is 1. The van der Waals surface area contributed by atoms with Crippen molar-refractivity contribution in [2.24, 2.45) is 0 Å². The highest BCUT2D eigenvalue weighted by atomic mass is 16.6. The van der Waals surface area contributed by atoms with Gasteiger partial charge in [-0.25, -0.2) is 4.79 Å². The van der Waals surface area contributed by atoms with Gasteiger partial charge in [-0.2, -0.15) is 0 Å². The molecule has 1 fully saturated rings. The van der Waals surface area contributed by atoms with Gasteiger partial charge in [-0.1, -0.05) is 0 Å². The number of benzene rings is 1. The minimum absolute atomic E-state index is 0.190. The van der Waals surface area contributed by atoms with E-state index in [4.69, 9.17) is 14.2 Å². The molecule has 110 valence electrons. The van der Waals surface area contributed by atoms with E-state index in [0.29, 0.717) is 5.75 Å². The molecule has 1 aliphatic rings. The molecule has 1 aromatic rings. The van der Waals surface area contributed by atoms with Crippen molar-refractivity contribution in [3.05, 3.63) is 23.8 Å². The number of ether oxygens (including phenoxy) is 3. The maximum absolute atomic E-state index is 12.0. The molecule has 2 rings (SSSR count). The number of carbonyl (C=O) groups is 1. The summed E-state index contributed by atoms with van der Waals surface area (Å²) in [5, 5.41) is 0. The van der Waals surface area contributed by atoms with E-state index in [2.05, 4.69) is 0 Å². The molecule has 1 saturated heterocycles. The summed E-state index contributed by atoms with van der Waals surface area (Å²) < 4.78 is 15.8. The van der Waals surface area contributed by atoms with Crippen molar-refractivity contribution in [2.45, 2.75) is 25.9 Å². The highest BCUT2D eigenvalue weighted by Gasteiger charge is 2.18. The van der Waals surface area contributed by atoms with Gasteiger partial charge >= 0.3 is 6.09 Å². The van der Waals surface area contributed by atoms with E-state index in [1.165, 1.54) is 6.42 Å². The molecule has 5 heteroatoms. The van der Waals surface area contributed by atoms with Crippen LogP contribution in [0.1, 0.15) is 24.8 Å². The Hall–Kier alpha value is -1.91. The van der Waals surface area contributed by atoms with Crippen molar-refractivity contribution in [3.8, 4) is 11.5 Å². The van der Waals surface area contributed by atoms with Gasteiger partial charge in [0.2, 0.25) is 0 Å². The second-order valence-electron chi connectivity index (χ2n) is 4.78. The van der Waals surface area contributed by atoms with Gasteiger partial charge in [0, 0.05) is 18.7 Å². The summed E-state index contributed by atoms with van der Waals surface area (Å²) in [7, 11) is 3.20. The van der Waals surface area contributed by atoms with Crippen molar-refractivity contribution in [1.29, 1.82) is 0 Å². The Labute approximate surface area is 119 Å². The van der Waals surface area contributed by atoms with Gasteiger partial charge < -0.3 is 19.1 Å². The number of amides is 1. The van der Waals surface area contributed by atoms with Gasteiger partial charge in [0.15, 0.2) is 0 Å². The fraction of sp³-hybridized carbons (Fsp3) is 0.533. The maximum Gasteiger partial charge on any atom is 0.410 e. The molecule has 0 aliphatic carbocycles. The van der Waals surface area contributed by atoms with Crippen LogP contribution in [0.2, 0.25) is 0 Å². The molecule has 1 heterocycles. The smallest absolute Gasteiger partial charge is 0.410 e. The Morgan fingerprint density at radius 3 is 2.55 bits per heavy atom. The highest BCUT2D eigenvalue weighted by molar-refractivity contribution is 5.67. The third-order valence-electron chi connectivity index (χ3n) is 3.45. The van der Waals surface area contributed by atoms with E-state index in [1.807, 2.05) is 18.2 Å². The summed E-state index contributed by atoms with van der Waals surface area (Å²) >= 11 is 0. The van der Waals surface area contributed by atoms with Crippen LogP contribution in [0.4, 0.5) is 4.79 Å². The molecule has 1 aromatic carbocycles. The van der Waals surface area contributed by atoms with Crippen molar-refractivity contribution < 1.29 is 19.0 Å². The SMILES string of the molecule is COc1ccc(OC)c(COC(=O)N2CCCCC2)c1. The molecule has 0 saturated carbocycles. The standard InChI is InChI=1S/C15H21NO4/c1-18-13-6-7-14(19-2)12(10-13)11-20-15(17)16-8-4-3-5-9-16/h6-7,10H,3-5,8-9,11H2,1-2H3. The first-order valence-electron chi connectivity index (χ1n) is 6.87. The molecule has 1 aliphatic heterocycles. The average Bonchev–Trinajstić information content (AvgIpc) is 2.53. The van der Waals surface area contributed by atoms with Crippen molar-refractivity contribution in [2.75, 3.05) is 27.3 Å². The van der Waals surface area contributed by atoms with E-state index in [0.717, 1.165) is 37.2 Å². The molecule has 0 bridgehead atoms. The number of nitrogens with zero attached hydrogens (tertiary/aromatic N) is 1. The number of methoxy groups -OCH3 is 2. The number of carbonyl (C=O) groups excluding carboxylic acids is 1. The number of rotatable bonds is 4. The monoisotopic (exact) mass is 279 g/mol. The summed E-state index contributed by atoms with van der Waals surface area (Å²) in [4.78, 5) is 13.7. The molecule has 0 spiro atoms. The predicted molar refractivity (Wildman–Crippen MR) is 75.2 cm³/mol. The Morgan fingerprint density at radius 2 is 1.90 bits per heavy atom. The van der Waals surface area contributed by atoms with Gasteiger partial charge in [-0.3, -0.25) is 0 Å². The molecule has 5 nitrogen and oxygen atoms in total.